The van der Waals surface area contributed by atoms with E-state index in [0.29, 0.717) is 29.8 Å². The van der Waals surface area contributed by atoms with Crippen LogP contribution in [0.2, 0.25) is 0 Å². The highest BCUT2D eigenvalue weighted by molar-refractivity contribution is 6.06. The monoisotopic (exact) mass is 376 g/mol. The Balaban J connectivity index is 1.64. The first-order chi connectivity index (χ1) is 13.7. The zero-order valence-corrected chi connectivity index (χ0v) is 15.4. The Hall–Kier alpha value is -3.45. The lowest BCUT2D eigenvalue weighted by molar-refractivity contribution is 0.0952. The van der Waals surface area contributed by atoms with Crippen LogP contribution in [0.4, 0.5) is 0 Å². The van der Waals surface area contributed by atoms with E-state index >= 15 is 0 Å². The number of benzene rings is 2. The van der Waals surface area contributed by atoms with Gasteiger partial charge in [-0.2, -0.15) is 5.10 Å². The fourth-order valence-electron chi connectivity index (χ4n) is 3.28. The predicted molar refractivity (Wildman–Crippen MR) is 107 cm³/mol. The molecule has 1 amide bonds. The standard InChI is InChI=1S/C21H20N4O3/c1-28-11-10-25-21(27)16-8-3-2-6-14(16)19(24-25)13-23-20(26)17-12-22-18-9-5-4-7-15(17)18/h2-9,12,22H,10-11,13H2,1H3,(H,23,26). The summed E-state index contributed by atoms with van der Waals surface area (Å²) in [6, 6.07) is 14.9. The van der Waals surface area contributed by atoms with Gasteiger partial charge >= 0.3 is 0 Å². The number of aromatic nitrogens is 3. The average molecular weight is 376 g/mol. The van der Waals surface area contributed by atoms with Gasteiger partial charge in [0.1, 0.15) is 0 Å². The van der Waals surface area contributed by atoms with Crippen LogP contribution in [0.5, 0.6) is 0 Å². The summed E-state index contributed by atoms with van der Waals surface area (Å²) in [6.45, 7) is 0.946. The molecule has 2 aromatic carbocycles. The molecular formula is C21H20N4O3. The van der Waals surface area contributed by atoms with Crippen molar-refractivity contribution in [3.05, 3.63) is 76.3 Å². The molecule has 0 saturated carbocycles. The number of amides is 1. The van der Waals surface area contributed by atoms with E-state index in [2.05, 4.69) is 15.4 Å². The Kier molecular flexibility index (Phi) is 4.90. The second-order valence-electron chi connectivity index (χ2n) is 6.44. The SMILES string of the molecule is COCCn1nc(CNC(=O)c2c[nH]c3ccccc23)c2ccccc2c1=O. The van der Waals surface area contributed by atoms with E-state index in [1.165, 1.54) is 4.68 Å². The van der Waals surface area contributed by atoms with Crippen molar-refractivity contribution in [3.63, 3.8) is 0 Å². The van der Waals surface area contributed by atoms with Crippen LogP contribution < -0.4 is 10.9 Å². The molecule has 0 aliphatic heterocycles. The number of methoxy groups -OCH3 is 1. The summed E-state index contributed by atoms with van der Waals surface area (Å²) in [5, 5.41) is 9.55. The number of fused-ring (bicyclic) bond motifs is 2. The molecule has 0 spiro atoms. The molecule has 0 bridgehead atoms. The van der Waals surface area contributed by atoms with Gasteiger partial charge in [0, 0.05) is 29.6 Å². The molecule has 7 nitrogen and oxygen atoms in total. The third-order valence-corrected chi connectivity index (χ3v) is 4.70. The summed E-state index contributed by atoms with van der Waals surface area (Å²) >= 11 is 0. The highest BCUT2D eigenvalue weighted by Gasteiger charge is 2.14. The van der Waals surface area contributed by atoms with Gasteiger partial charge in [-0.05, 0) is 12.1 Å². The number of carbonyl (C=O) groups excluding carboxylic acids is 1. The van der Waals surface area contributed by atoms with Crippen molar-refractivity contribution < 1.29 is 9.53 Å². The van der Waals surface area contributed by atoms with Crippen molar-refractivity contribution in [3.8, 4) is 0 Å². The summed E-state index contributed by atoms with van der Waals surface area (Å²) in [6.07, 6.45) is 1.70. The van der Waals surface area contributed by atoms with Crippen molar-refractivity contribution >= 4 is 27.6 Å². The molecule has 2 aromatic heterocycles. The van der Waals surface area contributed by atoms with Gasteiger partial charge in [-0.3, -0.25) is 9.59 Å². The normalized spacial score (nSPS) is 11.2. The Morgan fingerprint density at radius 3 is 2.61 bits per heavy atom. The summed E-state index contributed by atoms with van der Waals surface area (Å²) in [7, 11) is 1.58. The number of hydrogen-bond donors (Lipinski definition) is 2. The van der Waals surface area contributed by atoms with Crippen LogP contribution in [0, 0.1) is 0 Å². The summed E-state index contributed by atoms with van der Waals surface area (Å²) in [5.41, 5.74) is 1.95. The zero-order valence-electron chi connectivity index (χ0n) is 15.4. The number of nitrogens with one attached hydrogen (secondary N) is 2. The lowest BCUT2D eigenvalue weighted by Crippen LogP contribution is -2.29. The molecule has 28 heavy (non-hydrogen) atoms. The van der Waals surface area contributed by atoms with Gasteiger partial charge in [0.25, 0.3) is 11.5 Å². The lowest BCUT2D eigenvalue weighted by Gasteiger charge is -2.11. The summed E-state index contributed by atoms with van der Waals surface area (Å²) < 4.78 is 6.46. The van der Waals surface area contributed by atoms with Gasteiger partial charge in [-0.25, -0.2) is 4.68 Å². The number of aromatic amines is 1. The van der Waals surface area contributed by atoms with Crippen LogP contribution in [0.15, 0.2) is 59.5 Å². The first-order valence-corrected chi connectivity index (χ1v) is 9.01. The van der Waals surface area contributed by atoms with E-state index in [-0.39, 0.29) is 18.0 Å². The Bertz CT molecular complexity index is 1210. The van der Waals surface area contributed by atoms with Crippen LogP contribution in [-0.4, -0.2) is 34.4 Å². The van der Waals surface area contributed by atoms with Gasteiger partial charge in [0.2, 0.25) is 0 Å². The van der Waals surface area contributed by atoms with Crippen molar-refractivity contribution in [1.29, 1.82) is 0 Å². The third kappa shape index (κ3) is 3.27. The van der Waals surface area contributed by atoms with Gasteiger partial charge in [0.05, 0.1) is 36.3 Å². The van der Waals surface area contributed by atoms with Crippen molar-refractivity contribution in [2.45, 2.75) is 13.1 Å². The fourth-order valence-corrected chi connectivity index (χ4v) is 3.28. The highest BCUT2D eigenvalue weighted by atomic mass is 16.5. The van der Waals surface area contributed by atoms with Gasteiger partial charge in [0.15, 0.2) is 0 Å². The van der Waals surface area contributed by atoms with Gasteiger partial charge < -0.3 is 15.0 Å². The Morgan fingerprint density at radius 1 is 1.11 bits per heavy atom. The van der Waals surface area contributed by atoms with Gasteiger partial charge in [-0.1, -0.05) is 36.4 Å². The molecule has 0 aliphatic carbocycles. The summed E-state index contributed by atoms with van der Waals surface area (Å²) in [4.78, 5) is 28.4. The fraction of sp³-hybridized carbons (Fsp3) is 0.190. The minimum atomic E-state index is -0.196. The zero-order chi connectivity index (χ0) is 19.5. The Morgan fingerprint density at radius 2 is 1.82 bits per heavy atom. The maximum Gasteiger partial charge on any atom is 0.274 e. The highest BCUT2D eigenvalue weighted by Crippen LogP contribution is 2.18. The molecular weight excluding hydrogens is 356 g/mol. The first kappa shape index (κ1) is 17.9. The smallest absolute Gasteiger partial charge is 0.274 e. The molecule has 0 aliphatic rings. The van der Waals surface area contributed by atoms with Crippen LogP contribution in [-0.2, 0) is 17.8 Å². The van der Waals surface area contributed by atoms with E-state index in [1.807, 2.05) is 42.5 Å². The molecule has 0 fully saturated rings. The number of rotatable bonds is 6. The molecule has 0 saturated heterocycles. The Labute approximate surface area is 160 Å². The van der Waals surface area contributed by atoms with Crippen LogP contribution in [0.3, 0.4) is 0 Å². The van der Waals surface area contributed by atoms with Crippen LogP contribution in [0.1, 0.15) is 16.1 Å². The largest absolute Gasteiger partial charge is 0.383 e. The van der Waals surface area contributed by atoms with Crippen molar-refractivity contribution in [2.24, 2.45) is 0 Å². The first-order valence-electron chi connectivity index (χ1n) is 9.01. The third-order valence-electron chi connectivity index (χ3n) is 4.70. The van der Waals surface area contributed by atoms with Crippen molar-refractivity contribution in [1.82, 2.24) is 20.1 Å². The molecule has 0 radical (unpaired) electrons. The molecule has 0 atom stereocenters. The predicted octanol–water partition coefficient (Wildman–Crippen LogP) is 2.45. The minimum absolute atomic E-state index is 0.167. The topological polar surface area (TPSA) is 89.0 Å². The number of para-hydroxylation sites is 1. The van der Waals surface area contributed by atoms with E-state index in [9.17, 15) is 9.59 Å². The maximum absolute atomic E-state index is 12.7. The number of H-pyrrole nitrogens is 1. The molecule has 0 unspecified atom stereocenters. The number of carbonyl (C=O) groups is 1. The molecule has 142 valence electrons. The van der Waals surface area contributed by atoms with Crippen LogP contribution in [0.25, 0.3) is 21.7 Å². The average Bonchev–Trinajstić information content (AvgIpc) is 3.17. The van der Waals surface area contributed by atoms with Gasteiger partial charge in [-0.15, -0.1) is 0 Å². The van der Waals surface area contributed by atoms with E-state index in [1.54, 1.807) is 19.4 Å². The number of hydrogen-bond acceptors (Lipinski definition) is 4. The van der Waals surface area contributed by atoms with E-state index in [0.717, 1.165) is 16.3 Å². The number of ether oxygens (including phenoxy) is 1. The maximum atomic E-state index is 12.7. The van der Waals surface area contributed by atoms with E-state index in [4.69, 9.17) is 4.74 Å². The molecule has 4 rings (SSSR count). The van der Waals surface area contributed by atoms with Crippen molar-refractivity contribution in [2.75, 3.05) is 13.7 Å². The minimum Gasteiger partial charge on any atom is -0.383 e. The molecule has 2 heterocycles. The summed E-state index contributed by atoms with van der Waals surface area (Å²) in [5.74, 6) is -0.196. The lowest BCUT2D eigenvalue weighted by atomic mass is 10.1. The second-order valence-corrected chi connectivity index (χ2v) is 6.44. The number of nitrogens with zero attached hydrogens (tertiary/aromatic N) is 2. The van der Waals surface area contributed by atoms with E-state index < -0.39 is 0 Å². The quantitative estimate of drug-likeness (QED) is 0.541. The van der Waals surface area contributed by atoms with Crippen LogP contribution >= 0.6 is 0 Å². The molecule has 2 N–H and O–H groups in total. The molecule has 7 heteroatoms. The molecule has 4 aromatic rings. The second kappa shape index (κ2) is 7.66.